The fraction of sp³-hybridized carbons (Fsp3) is 0.211. The zero-order valence-corrected chi connectivity index (χ0v) is 25.1. The van der Waals surface area contributed by atoms with E-state index in [9.17, 15) is 0 Å². The van der Waals surface area contributed by atoms with Crippen molar-refractivity contribution in [1.29, 1.82) is 0 Å². The van der Waals surface area contributed by atoms with Crippen molar-refractivity contribution in [1.82, 2.24) is 14.5 Å². The standard InChI is InChI=1S/C38H35N3O/c1-23(2)30-21-26(25-13-8-7-9-14-25)22-31(38(4,5)6)35(30)41-34-24(3)39-20-19-32(34)40-37(41)29-17-12-16-28-27-15-10-11-18-33(27)42-36(28)29/h7-23H,1-6H3. The summed E-state index contributed by atoms with van der Waals surface area (Å²) in [4.78, 5) is 10.1. The number of hydrogen-bond donors (Lipinski definition) is 0. The van der Waals surface area contributed by atoms with Crippen LogP contribution >= 0.6 is 0 Å². The Bertz CT molecular complexity index is 2110. The molecule has 7 aromatic rings. The zero-order chi connectivity index (χ0) is 29.2. The highest BCUT2D eigenvalue weighted by molar-refractivity contribution is 6.09. The summed E-state index contributed by atoms with van der Waals surface area (Å²) in [6.45, 7) is 13.5. The third-order valence-electron chi connectivity index (χ3n) is 8.29. The summed E-state index contributed by atoms with van der Waals surface area (Å²) >= 11 is 0. The third kappa shape index (κ3) is 4.13. The SMILES string of the molecule is Cc1nccc2nc(-c3cccc4c3oc3ccccc34)n(-c3c(C(C)C)cc(-c4ccccc4)cc3C(C)(C)C)c12. The second kappa shape index (κ2) is 9.70. The summed E-state index contributed by atoms with van der Waals surface area (Å²) in [6.07, 6.45) is 1.85. The van der Waals surface area contributed by atoms with Crippen molar-refractivity contribution in [3.05, 3.63) is 114 Å². The van der Waals surface area contributed by atoms with E-state index in [1.54, 1.807) is 0 Å². The highest BCUT2D eigenvalue weighted by Gasteiger charge is 2.29. The van der Waals surface area contributed by atoms with Gasteiger partial charge >= 0.3 is 0 Å². The molecule has 0 N–H and O–H groups in total. The molecule has 0 amide bonds. The van der Waals surface area contributed by atoms with Gasteiger partial charge in [0.25, 0.3) is 0 Å². The maximum absolute atomic E-state index is 6.54. The Hall–Kier alpha value is -4.70. The van der Waals surface area contributed by atoms with E-state index < -0.39 is 0 Å². The summed E-state index contributed by atoms with van der Waals surface area (Å²) in [7, 11) is 0. The van der Waals surface area contributed by atoms with Crippen LogP contribution < -0.4 is 0 Å². The van der Waals surface area contributed by atoms with Crippen LogP contribution in [0.15, 0.2) is 102 Å². The number of aromatic nitrogens is 3. The molecule has 3 heterocycles. The molecule has 4 heteroatoms. The van der Waals surface area contributed by atoms with E-state index >= 15 is 0 Å². The zero-order valence-electron chi connectivity index (χ0n) is 25.1. The van der Waals surface area contributed by atoms with Gasteiger partial charge in [0.15, 0.2) is 0 Å². The van der Waals surface area contributed by atoms with E-state index in [0.717, 1.165) is 50.1 Å². The average Bonchev–Trinajstić information content (AvgIpc) is 3.56. The fourth-order valence-electron chi connectivity index (χ4n) is 6.22. The summed E-state index contributed by atoms with van der Waals surface area (Å²) < 4.78 is 8.90. The van der Waals surface area contributed by atoms with E-state index in [0.29, 0.717) is 0 Å². The molecular formula is C38H35N3O. The third-order valence-corrected chi connectivity index (χ3v) is 8.29. The molecule has 0 spiro atoms. The van der Waals surface area contributed by atoms with Crippen LogP contribution in [0.1, 0.15) is 57.4 Å². The molecule has 0 aliphatic rings. The lowest BCUT2D eigenvalue weighted by molar-refractivity contribution is 0.585. The highest BCUT2D eigenvalue weighted by atomic mass is 16.3. The summed E-state index contributed by atoms with van der Waals surface area (Å²) in [5, 5.41) is 2.21. The molecule has 7 rings (SSSR count). The van der Waals surface area contributed by atoms with Crippen LogP contribution in [0.2, 0.25) is 0 Å². The number of furan rings is 1. The summed E-state index contributed by atoms with van der Waals surface area (Å²) in [5.74, 6) is 1.14. The highest BCUT2D eigenvalue weighted by Crippen LogP contribution is 2.43. The van der Waals surface area contributed by atoms with E-state index in [1.807, 2.05) is 24.4 Å². The van der Waals surface area contributed by atoms with Crippen LogP contribution in [-0.4, -0.2) is 14.5 Å². The minimum Gasteiger partial charge on any atom is -0.455 e. The Morgan fingerprint density at radius 3 is 2.29 bits per heavy atom. The Morgan fingerprint density at radius 1 is 0.786 bits per heavy atom. The van der Waals surface area contributed by atoms with Crippen molar-refractivity contribution < 1.29 is 4.42 Å². The largest absolute Gasteiger partial charge is 0.455 e. The van der Waals surface area contributed by atoms with Gasteiger partial charge in [-0.3, -0.25) is 9.55 Å². The fourth-order valence-corrected chi connectivity index (χ4v) is 6.22. The van der Waals surface area contributed by atoms with Gasteiger partial charge in [-0.15, -0.1) is 0 Å². The lowest BCUT2D eigenvalue weighted by atomic mass is 9.80. The van der Waals surface area contributed by atoms with Gasteiger partial charge < -0.3 is 4.42 Å². The molecule has 0 atom stereocenters. The van der Waals surface area contributed by atoms with Crippen LogP contribution in [0, 0.1) is 6.92 Å². The first-order valence-electron chi connectivity index (χ1n) is 14.7. The molecule has 0 unspecified atom stereocenters. The molecule has 3 aromatic heterocycles. The van der Waals surface area contributed by atoms with Crippen LogP contribution in [-0.2, 0) is 5.41 Å². The molecule has 4 aromatic carbocycles. The molecule has 42 heavy (non-hydrogen) atoms. The molecule has 4 nitrogen and oxygen atoms in total. The Balaban J connectivity index is 1.64. The predicted molar refractivity (Wildman–Crippen MR) is 175 cm³/mol. The molecule has 0 saturated heterocycles. The first-order valence-corrected chi connectivity index (χ1v) is 14.7. The van der Waals surface area contributed by atoms with Crippen molar-refractivity contribution in [2.24, 2.45) is 0 Å². The van der Waals surface area contributed by atoms with Gasteiger partial charge in [-0.05, 0) is 70.8 Å². The van der Waals surface area contributed by atoms with Crippen molar-refractivity contribution in [3.63, 3.8) is 0 Å². The van der Waals surface area contributed by atoms with Gasteiger partial charge in [-0.1, -0.05) is 95.3 Å². The second-order valence-electron chi connectivity index (χ2n) is 12.5. The van der Waals surface area contributed by atoms with Crippen molar-refractivity contribution in [3.8, 4) is 28.2 Å². The van der Waals surface area contributed by atoms with E-state index in [-0.39, 0.29) is 11.3 Å². The van der Waals surface area contributed by atoms with Crippen molar-refractivity contribution in [2.45, 2.75) is 52.9 Å². The van der Waals surface area contributed by atoms with Gasteiger partial charge in [0.1, 0.15) is 17.0 Å². The lowest BCUT2D eigenvalue weighted by Crippen LogP contribution is -2.18. The van der Waals surface area contributed by atoms with Crippen molar-refractivity contribution in [2.75, 3.05) is 0 Å². The van der Waals surface area contributed by atoms with Crippen LogP contribution in [0.3, 0.4) is 0 Å². The van der Waals surface area contributed by atoms with Gasteiger partial charge in [0.05, 0.1) is 28.0 Å². The maximum atomic E-state index is 6.54. The summed E-state index contributed by atoms with van der Waals surface area (Å²) in [6, 6.07) is 32.1. The van der Waals surface area contributed by atoms with E-state index in [2.05, 4.69) is 119 Å². The Kier molecular flexibility index (Phi) is 6.05. The average molecular weight is 550 g/mol. The number of hydrogen-bond acceptors (Lipinski definition) is 3. The van der Waals surface area contributed by atoms with Gasteiger partial charge in [0, 0.05) is 17.0 Å². The number of benzene rings is 4. The number of fused-ring (bicyclic) bond motifs is 4. The Morgan fingerprint density at radius 2 is 1.52 bits per heavy atom. The smallest absolute Gasteiger partial charge is 0.149 e. The number of nitrogens with zero attached hydrogens (tertiary/aromatic N) is 3. The Labute approximate surface area is 246 Å². The van der Waals surface area contributed by atoms with Crippen LogP contribution in [0.5, 0.6) is 0 Å². The molecule has 0 bridgehead atoms. The van der Waals surface area contributed by atoms with Gasteiger partial charge in [0.2, 0.25) is 0 Å². The minimum absolute atomic E-state index is 0.140. The lowest BCUT2D eigenvalue weighted by Gasteiger charge is -2.29. The molecular weight excluding hydrogens is 514 g/mol. The molecule has 0 radical (unpaired) electrons. The van der Waals surface area contributed by atoms with Crippen LogP contribution in [0.25, 0.3) is 61.2 Å². The summed E-state index contributed by atoms with van der Waals surface area (Å²) in [5.41, 5.74) is 11.6. The number of pyridine rings is 1. The first-order chi connectivity index (χ1) is 20.2. The number of rotatable bonds is 4. The monoisotopic (exact) mass is 549 g/mol. The molecule has 0 fully saturated rings. The molecule has 0 saturated carbocycles. The van der Waals surface area contributed by atoms with E-state index in [1.165, 1.54) is 27.9 Å². The normalized spacial score (nSPS) is 12.3. The van der Waals surface area contributed by atoms with Crippen molar-refractivity contribution >= 4 is 33.0 Å². The van der Waals surface area contributed by atoms with Gasteiger partial charge in [-0.2, -0.15) is 0 Å². The van der Waals surface area contributed by atoms with E-state index in [4.69, 9.17) is 14.4 Å². The topological polar surface area (TPSA) is 43.9 Å². The minimum atomic E-state index is -0.140. The molecule has 0 aliphatic carbocycles. The quantitative estimate of drug-likeness (QED) is 0.219. The van der Waals surface area contributed by atoms with Crippen LogP contribution in [0.4, 0.5) is 0 Å². The predicted octanol–water partition coefficient (Wildman–Crippen LogP) is 10.4. The molecule has 0 aliphatic heterocycles. The second-order valence-corrected chi connectivity index (χ2v) is 12.5. The van der Waals surface area contributed by atoms with Gasteiger partial charge in [-0.25, -0.2) is 4.98 Å². The first kappa shape index (κ1) is 26.2. The number of aryl methyl sites for hydroxylation is 1. The number of imidazole rings is 1. The maximum Gasteiger partial charge on any atom is 0.149 e. The number of para-hydroxylation sites is 2. The molecule has 208 valence electrons.